The van der Waals surface area contributed by atoms with Crippen molar-refractivity contribution in [2.45, 2.75) is 6.61 Å². The van der Waals surface area contributed by atoms with Crippen molar-refractivity contribution in [1.82, 2.24) is 5.43 Å². The number of hydrazone groups is 1. The van der Waals surface area contributed by atoms with Gasteiger partial charge < -0.3 is 10.5 Å². The minimum Gasteiger partial charge on any atom is -0.489 e. The Kier molecular flexibility index (Phi) is 5.63. The zero-order valence-electron chi connectivity index (χ0n) is 11.4. The molecule has 114 valence electrons. The number of urea groups is 1. The van der Waals surface area contributed by atoms with E-state index in [0.717, 1.165) is 11.1 Å². The minimum atomic E-state index is -0.710. The predicted molar refractivity (Wildman–Crippen MR) is 87.5 cm³/mol. The molecule has 0 saturated heterocycles. The Balaban J connectivity index is 1.92. The molecule has 0 aromatic heterocycles. The SMILES string of the molecule is NC(=O)N/N=C\c1ccc(OCc2ccc(Cl)c(Cl)c2)cc1. The van der Waals surface area contributed by atoms with Gasteiger partial charge in [0.15, 0.2) is 0 Å². The predicted octanol–water partition coefficient (Wildman–Crippen LogP) is 3.57. The van der Waals surface area contributed by atoms with Crippen LogP contribution < -0.4 is 15.9 Å². The van der Waals surface area contributed by atoms with Gasteiger partial charge in [0, 0.05) is 0 Å². The number of halogens is 2. The van der Waals surface area contributed by atoms with Crippen LogP contribution in [0.2, 0.25) is 10.0 Å². The summed E-state index contributed by atoms with van der Waals surface area (Å²) in [7, 11) is 0. The van der Waals surface area contributed by atoms with Crippen molar-refractivity contribution in [2.75, 3.05) is 0 Å². The fraction of sp³-hybridized carbons (Fsp3) is 0.0667. The highest BCUT2D eigenvalue weighted by molar-refractivity contribution is 6.42. The standard InChI is InChI=1S/C15H13Cl2N3O2/c16-13-6-3-11(7-14(13)17)9-22-12-4-1-10(2-5-12)8-19-20-15(18)21/h1-8H,9H2,(H3,18,20,21)/b19-8-. The number of nitrogens with two attached hydrogens (primary N) is 1. The van der Waals surface area contributed by atoms with Crippen molar-refractivity contribution in [2.24, 2.45) is 10.8 Å². The van der Waals surface area contributed by atoms with E-state index in [1.165, 1.54) is 6.21 Å². The highest BCUT2D eigenvalue weighted by atomic mass is 35.5. The van der Waals surface area contributed by atoms with E-state index in [1.807, 2.05) is 6.07 Å². The van der Waals surface area contributed by atoms with Gasteiger partial charge in [0.25, 0.3) is 0 Å². The third-order valence-electron chi connectivity index (χ3n) is 2.66. The Hall–Kier alpha value is -2.24. The van der Waals surface area contributed by atoms with E-state index in [1.54, 1.807) is 36.4 Å². The van der Waals surface area contributed by atoms with Crippen LogP contribution in [-0.4, -0.2) is 12.2 Å². The molecule has 2 aromatic carbocycles. The summed E-state index contributed by atoms with van der Waals surface area (Å²) in [5, 5.41) is 4.67. The fourth-order valence-electron chi connectivity index (χ4n) is 1.62. The lowest BCUT2D eigenvalue weighted by atomic mass is 10.2. The molecule has 3 N–H and O–H groups in total. The summed E-state index contributed by atoms with van der Waals surface area (Å²) in [4.78, 5) is 10.5. The normalized spacial score (nSPS) is 10.6. The number of benzene rings is 2. The van der Waals surface area contributed by atoms with Crippen molar-refractivity contribution >= 4 is 35.4 Å². The average Bonchev–Trinajstić information content (AvgIpc) is 2.49. The van der Waals surface area contributed by atoms with Gasteiger partial charge >= 0.3 is 6.03 Å². The summed E-state index contributed by atoms with van der Waals surface area (Å²) in [6.45, 7) is 0.382. The molecule has 0 bridgehead atoms. The van der Waals surface area contributed by atoms with E-state index in [-0.39, 0.29) is 0 Å². The number of nitrogens with one attached hydrogen (secondary N) is 1. The second-order valence-corrected chi connectivity index (χ2v) is 5.15. The van der Waals surface area contributed by atoms with Gasteiger partial charge in [-0.3, -0.25) is 0 Å². The number of carbonyl (C=O) groups excluding carboxylic acids is 1. The van der Waals surface area contributed by atoms with Gasteiger partial charge in [-0.25, -0.2) is 10.2 Å². The van der Waals surface area contributed by atoms with E-state index in [2.05, 4.69) is 10.5 Å². The summed E-state index contributed by atoms with van der Waals surface area (Å²) in [5.74, 6) is 0.700. The van der Waals surface area contributed by atoms with Crippen LogP contribution in [0, 0.1) is 0 Å². The van der Waals surface area contributed by atoms with Crippen LogP contribution in [0.15, 0.2) is 47.6 Å². The molecule has 0 heterocycles. The lowest BCUT2D eigenvalue weighted by Gasteiger charge is -2.07. The minimum absolute atomic E-state index is 0.382. The van der Waals surface area contributed by atoms with Crippen LogP contribution in [0.4, 0.5) is 4.79 Å². The number of rotatable bonds is 5. The molecular formula is C15H13Cl2N3O2. The third kappa shape index (κ3) is 4.95. The summed E-state index contributed by atoms with van der Waals surface area (Å²) < 4.78 is 5.65. The van der Waals surface area contributed by atoms with E-state index in [0.29, 0.717) is 22.4 Å². The number of amides is 2. The molecule has 0 spiro atoms. The van der Waals surface area contributed by atoms with Crippen molar-refractivity contribution in [3.63, 3.8) is 0 Å². The maximum Gasteiger partial charge on any atom is 0.332 e. The summed E-state index contributed by atoms with van der Waals surface area (Å²) in [6, 6.07) is 11.8. The molecule has 0 atom stereocenters. The van der Waals surface area contributed by atoms with Crippen LogP contribution in [0.3, 0.4) is 0 Å². The zero-order valence-corrected chi connectivity index (χ0v) is 12.9. The maximum atomic E-state index is 10.5. The molecule has 0 aliphatic rings. The Morgan fingerprint density at radius 3 is 2.55 bits per heavy atom. The Labute approximate surface area is 137 Å². The van der Waals surface area contributed by atoms with Crippen LogP contribution in [0.25, 0.3) is 0 Å². The first-order valence-electron chi connectivity index (χ1n) is 6.30. The largest absolute Gasteiger partial charge is 0.489 e. The van der Waals surface area contributed by atoms with Crippen LogP contribution in [-0.2, 0) is 6.61 Å². The zero-order chi connectivity index (χ0) is 15.9. The molecule has 0 aliphatic heterocycles. The van der Waals surface area contributed by atoms with E-state index in [9.17, 15) is 4.79 Å². The molecule has 22 heavy (non-hydrogen) atoms. The topological polar surface area (TPSA) is 76.7 Å². The van der Waals surface area contributed by atoms with Gasteiger partial charge in [-0.15, -0.1) is 0 Å². The van der Waals surface area contributed by atoms with Crippen molar-refractivity contribution < 1.29 is 9.53 Å². The summed E-state index contributed by atoms with van der Waals surface area (Å²) in [6.07, 6.45) is 1.48. The number of hydrogen-bond donors (Lipinski definition) is 2. The van der Waals surface area contributed by atoms with E-state index < -0.39 is 6.03 Å². The monoisotopic (exact) mass is 337 g/mol. The first-order chi connectivity index (χ1) is 10.5. The molecule has 2 amide bonds. The molecule has 0 saturated carbocycles. The van der Waals surface area contributed by atoms with Crippen LogP contribution >= 0.6 is 23.2 Å². The van der Waals surface area contributed by atoms with E-state index >= 15 is 0 Å². The number of hydrogen-bond acceptors (Lipinski definition) is 3. The smallest absolute Gasteiger partial charge is 0.332 e. The average molecular weight is 338 g/mol. The lowest BCUT2D eigenvalue weighted by Crippen LogP contribution is -2.24. The molecule has 0 radical (unpaired) electrons. The second-order valence-electron chi connectivity index (χ2n) is 4.34. The van der Waals surface area contributed by atoms with Crippen molar-refractivity contribution in [3.8, 4) is 5.75 Å². The Bertz CT molecular complexity index is 688. The first kappa shape index (κ1) is 16.1. The third-order valence-corrected chi connectivity index (χ3v) is 3.40. The number of ether oxygens (including phenoxy) is 1. The van der Waals surface area contributed by atoms with Gasteiger partial charge in [-0.05, 0) is 47.5 Å². The second kappa shape index (κ2) is 7.68. The Morgan fingerprint density at radius 1 is 1.18 bits per heavy atom. The molecule has 0 fully saturated rings. The Morgan fingerprint density at radius 2 is 1.91 bits per heavy atom. The van der Waals surface area contributed by atoms with Gasteiger partial charge in [-0.2, -0.15) is 5.10 Å². The molecule has 5 nitrogen and oxygen atoms in total. The lowest BCUT2D eigenvalue weighted by molar-refractivity contribution is 0.249. The summed E-state index contributed by atoms with van der Waals surface area (Å²) in [5.41, 5.74) is 8.74. The number of primary amides is 1. The van der Waals surface area contributed by atoms with Crippen LogP contribution in [0.5, 0.6) is 5.75 Å². The van der Waals surface area contributed by atoms with Gasteiger partial charge in [0.1, 0.15) is 12.4 Å². The number of nitrogens with zero attached hydrogens (tertiary/aromatic N) is 1. The quantitative estimate of drug-likeness (QED) is 0.646. The van der Waals surface area contributed by atoms with Crippen molar-refractivity contribution in [3.05, 3.63) is 63.6 Å². The van der Waals surface area contributed by atoms with Gasteiger partial charge in [0.05, 0.1) is 16.3 Å². The fourth-order valence-corrected chi connectivity index (χ4v) is 1.94. The molecular weight excluding hydrogens is 325 g/mol. The van der Waals surface area contributed by atoms with Crippen LogP contribution in [0.1, 0.15) is 11.1 Å². The first-order valence-corrected chi connectivity index (χ1v) is 7.05. The molecule has 0 aliphatic carbocycles. The van der Waals surface area contributed by atoms with E-state index in [4.69, 9.17) is 33.7 Å². The van der Waals surface area contributed by atoms with Crippen molar-refractivity contribution in [1.29, 1.82) is 0 Å². The summed E-state index contributed by atoms with van der Waals surface area (Å²) >= 11 is 11.8. The maximum absolute atomic E-state index is 10.5. The van der Waals surface area contributed by atoms with Gasteiger partial charge in [-0.1, -0.05) is 29.3 Å². The molecule has 7 heteroatoms. The molecule has 0 unspecified atom stereocenters. The van der Waals surface area contributed by atoms with Gasteiger partial charge in [0.2, 0.25) is 0 Å². The highest BCUT2D eigenvalue weighted by Gasteiger charge is 2.01. The molecule has 2 rings (SSSR count). The molecule has 2 aromatic rings. The highest BCUT2D eigenvalue weighted by Crippen LogP contribution is 2.23. The number of carbonyl (C=O) groups is 1.